The molecule has 3 aromatic rings. The summed E-state index contributed by atoms with van der Waals surface area (Å²) in [5.41, 5.74) is 7.01. The van der Waals surface area contributed by atoms with Crippen LogP contribution in [0.5, 0.6) is 0 Å². The SMILES string of the molecule is N=C(N)NCCC[C@H](Nc1ccccc1)C(=O)Nc1cccc2ccccc12. The van der Waals surface area contributed by atoms with E-state index in [1.807, 2.05) is 72.8 Å². The zero-order valence-electron chi connectivity index (χ0n) is 15.6. The fourth-order valence-electron chi connectivity index (χ4n) is 3.09. The first-order valence-electron chi connectivity index (χ1n) is 9.31. The average Bonchev–Trinajstić information content (AvgIpc) is 2.71. The number of anilines is 2. The molecule has 0 fully saturated rings. The number of nitrogens with one attached hydrogen (secondary N) is 4. The summed E-state index contributed by atoms with van der Waals surface area (Å²) in [4.78, 5) is 13.0. The third-order valence-corrected chi connectivity index (χ3v) is 4.46. The molecule has 0 aromatic heterocycles. The fourth-order valence-corrected chi connectivity index (χ4v) is 3.09. The summed E-state index contributed by atoms with van der Waals surface area (Å²) in [6.07, 6.45) is 1.30. The number of guanidine groups is 1. The Bertz CT molecular complexity index is 937. The van der Waals surface area contributed by atoms with Crippen LogP contribution < -0.4 is 21.7 Å². The molecule has 6 nitrogen and oxygen atoms in total. The Morgan fingerprint density at radius 3 is 2.46 bits per heavy atom. The second-order valence-electron chi connectivity index (χ2n) is 6.56. The minimum Gasteiger partial charge on any atom is -0.374 e. The number of carbonyl (C=O) groups is 1. The van der Waals surface area contributed by atoms with Crippen LogP contribution in [-0.4, -0.2) is 24.5 Å². The van der Waals surface area contributed by atoms with Crippen molar-refractivity contribution >= 4 is 34.0 Å². The summed E-state index contributed by atoms with van der Waals surface area (Å²) >= 11 is 0. The molecule has 0 bridgehead atoms. The van der Waals surface area contributed by atoms with Gasteiger partial charge in [-0.3, -0.25) is 10.2 Å². The second kappa shape index (κ2) is 9.41. The lowest BCUT2D eigenvalue weighted by Gasteiger charge is -2.20. The van der Waals surface area contributed by atoms with Crippen LogP contribution in [0.25, 0.3) is 10.8 Å². The highest BCUT2D eigenvalue weighted by Crippen LogP contribution is 2.23. The first-order valence-corrected chi connectivity index (χ1v) is 9.31. The monoisotopic (exact) mass is 375 g/mol. The zero-order valence-corrected chi connectivity index (χ0v) is 15.6. The highest BCUT2D eigenvalue weighted by atomic mass is 16.2. The quantitative estimate of drug-likeness (QED) is 0.236. The first kappa shape index (κ1) is 19.2. The molecule has 0 unspecified atom stereocenters. The van der Waals surface area contributed by atoms with Gasteiger partial charge in [-0.1, -0.05) is 54.6 Å². The molecule has 0 saturated heterocycles. The Morgan fingerprint density at radius 1 is 0.964 bits per heavy atom. The van der Waals surface area contributed by atoms with Gasteiger partial charge >= 0.3 is 0 Å². The summed E-state index contributed by atoms with van der Waals surface area (Å²) in [6, 6.07) is 23.1. The Kier molecular flexibility index (Phi) is 6.46. The fraction of sp³-hybridized carbons (Fsp3) is 0.182. The van der Waals surface area contributed by atoms with E-state index in [1.165, 1.54) is 0 Å². The lowest BCUT2D eigenvalue weighted by atomic mass is 10.1. The normalized spacial score (nSPS) is 11.6. The van der Waals surface area contributed by atoms with Gasteiger partial charge in [-0.25, -0.2) is 0 Å². The molecule has 1 amide bonds. The molecular weight excluding hydrogens is 350 g/mol. The van der Waals surface area contributed by atoms with Gasteiger partial charge < -0.3 is 21.7 Å². The number of benzene rings is 3. The molecule has 6 heteroatoms. The molecule has 3 aromatic carbocycles. The zero-order chi connectivity index (χ0) is 19.8. The molecule has 0 aliphatic heterocycles. The molecule has 0 radical (unpaired) electrons. The van der Waals surface area contributed by atoms with Crippen molar-refractivity contribution in [1.82, 2.24) is 5.32 Å². The van der Waals surface area contributed by atoms with Gasteiger partial charge in [0.1, 0.15) is 6.04 Å². The van der Waals surface area contributed by atoms with Crippen molar-refractivity contribution in [1.29, 1.82) is 5.41 Å². The number of nitrogens with two attached hydrogens (primary N) is 1. The van der Waals surface area contributed by atoms with Crippen LogP contribution in [0.15, 0.2) is 72.8 Å². The van der Waals surface area contributed by atoms with Gasteiger partial charge in [0.15, 0.2) is 5.96 Å². The van der Waals surface area contributed by atoms with E-state index >= 15 is 0 Å². The summed E-state index contributed by atoms with van der Waals surface area (Å²) in [5.74, 6) is -0.157. The molecule has 6 N–H and O–H groups in total. The summed E-state index contributed by atoms with van der Waals surface area (Å²) in [7, 11) is 0. The highest BCUT2D eigenvalue weighted by molar-refractivity contribution is 6.04. The van der Waals surface area contributed by atoms with E-state index in [1.54, 1.807) is 0 Å². The van der Waals surface area contributed by atoms with Crippen molar-refractivity contribution in [2.45, 2.75) is 18.9 Å². The third kappa shape index (κ3) is 5.23. The standard InChI is InChI=1S/C22H25N5O/c23-22(24)25-15-7-14-20(26-17-10-2-1-3-11-17)21(28)27-19-13-6-9-16-8-4-5-12-18(16)19/h1-6,8-13,20,26H,7,14-15H2,(H,27,28)(H4,23,24,25)/t20-/m0/s1. The molecule has 0 aliphatic rings. The van der Waals surface area contributed by atoms with E-state index < -0.39 is 6.04 Å². The number of carbonyl (C=O) groups excluding carboxylic acids is 1. The molecular formula is C22H25N5O. The second-order valence-corrected chi connectivity index (χ2v) is 6.56. The van der Waals surface area contributed by atoms with Gasteiger partial charge in [0.25, 0.3) is 0 Å². The van der Waals surface area contributed by atoms with Crippen molar-refractivity contribution < 1.29 is 4.79 Å². The van der Waals surface area contributed by atoms with Gasteiger partial charge in [-0.15, -0.1) is 0 Å². The van der Waals surface area contributed by atoms with Crippen molar-refractivity contribution in [3.8, 4) is 0 Å². The topological polar surface area (TPSA) is 103 Å². The van der Waals surface area contributed by atoms with Gasteiger partial charge in [-0.2, -0.15) is 0 Å². The van der Waals surface area contributed by atoms with E-state index in [0.29, 0.717) is 19.4 Å². The molecule has 0 saturated carbocycles. The van der Waals surface area contributed by atoms with Crippen LogP contribution in [0.4, 0.5) is 11.4 Å². The lowest BCUT2D eigenvalue weighted by molar-refractivity contribution is -0.117. The largest absolute Gasteiger partial charge is 0.374 e. The summed E-state index contributed by atoms with van der Waals surface area (Å²) in [5, 5.41) is 18.5. The van der Waals surface area contributed by atoms with Gasteiger partial charge in [0, 0.05) is 23.3 Å². The lowest BCUT2D eigenvalue weighted by Crippen LogP contribution is -2.36. The van der Waals surface area contributed by atoms with Crippen LogP contribution in [0.1, 0.15) is 12.8 Å². The number of fused-ring (bicyclic) bond motifs is 1. The smallest absolute Gasteiger partial charge is 0.246 e. The average molecular weight is 375 g/mol. The van der Waals surface area contributed by atoms with E-state index in [2.05, 4.69) is 16.0 Å². The maximum atomic E-state index is 13.0. The van der Waals surface area contributed by atoms with Crippen molar-refractivity contribution in [2.75, 3.05) is 17.2 Å². The van der Waals surface area contributed by atoms with Crippen molar-refractivity contribution in [3.05, 3.63) is 72.8 Å². The highest BCUT2D eigenvalue weighted by Gasteiger charge is 2.19. The van der Waals surface area contributed by atoms with E-state index in [0.717, 1.165) is 22.1 Å². The van der Waals surface area contributed by atoms with Gasteiger partial charge in [0.05, 0.1) is 0 Å². The number of hydrogen-bond donors (Lipinski definition) is 5. The number of hydrogen-bond acceptors (Lipinski definition) is 3. The maximum Gasteiger partial charge on any atom is 0.246 e. The minimum absolute atomic E-state index is 0.0622. The van der Waals surface area contributed by atoms with E-state index in [4.69, 9.17) is 11.1 Å². The molecule has 3 rings (SSSR count). The number of para-hydroxylation sites is 1. The molecule has 0 spiro atoms. The number of amides is 1. The van der Waals surface area contributed by atoms with E-state index in [-0.39, 0.29) is 11.9 Å². The molecule has 28 heavy (non-hydrogen) atoms. The van der Waals surface area contributed by atoms with Crippen molar-refractivity contribution in [3.63, 3.8) is 0 Å². The van der Waals surface area contributed by atoms with Gasteiger partial charge in [-0.05, 0) is 36.4 Å². The third-order valence-electron chi connectivity index (χ3n) is 4.46. The van der Waals surface area contributed by atoms with Crippen molar-refractivity contribution in [2.24, 2.45) is 5.73 Å². The maximum absolute atomic E-state index is 13.0. The van der Waals surface area contributed by atoms with Crippen LogP contribution in [0, 0.1) is 5.41 Å². The predicted molar refractivity (Wildman–Crippen MR) is 116 cm³/mol. The van der Waals surface area contributed by atoms with E-state index in [9.17, 15) is 4.79 Å². The molecule has 0 aliphatic carbocycles. The van der Waals surface area contributed by atoms with Crippen LogP contribution in [0.3, 0.4) is 0 Å². The van der Waals surface area contributed by atoms with Crippen LogP contribution in [0.2, 0.25) is 0 Å². The Hall–Kier alpha value is -3.54. The van der Waals surface area contributed by atoms with Crippen LogP contribution >= 0.6 is 0 Å². The Morgan fingerprint density at radius 2 is 1.68 bits per heavy atom. The molecule has 0 heterocycles. The predicted octanol–water partition coefficient (Wildman–Crippen LogP) is 3.52. The molecule has 1 atom stereocenters. The summed E-state index contributed by atoms with van der Waals surface area (Å²) in [6.45, 7) is 0.545. The number of rotatable bonds is 8. The first-order chi connectivity index (χ1) is 13.6. The Labute approximate surface area is 164 Å². The van der Waals surface area contributed by atoms with Crippen LogP contribution in [-0.2, 0) is 4.79 Å². The molecule has 144 valence electrons. The summed E-state index contributed by atoms with van der Waals surface area (Å²) < 4.78 is 0. The van der Waals surface area contributed by atoms with Gasteiger partial charge in [0.2, 0.25) is 5.91 Å². The Balaban J connectivity index is 1.73. The minimum atomic E-state index is -0.407.